The van der Waals surface area contributed by atoms with E-state index >= 15 is 0 Å². The summed E-state index contributed by atoms with van der Waals surface area (Å²) in [6.07, 6.45) is 4.54. The lowest BCUT2D eigenvalue weighted by Gasteiger charge is -1.99. The average Bonchev–Trinajstić information content (AvgIpc) is 3.31. The number of rotatable bonds is 5. The first-order chi connectivity index (χ1) is 11.8. The van der Waals surface area contributed by atoms with Crippen LogP contribution in [-0.2, 0) is 13.0 Å². The molecule has 0 saturated heterocycles. The highest BCUT2D eigenvalue weighted by Crippen LogP contribution is 2.26. The molecule has 3 aromatic heterocycles. The second-order valence-electron chi connectivity index (χ2n) is 5.53. The molecule has 0 amide bonds. The minimum Gasteiger partial charge on any atom is -0.353 e. The predicted octanol–water partition coefficient (Wildman–Crippen LogP) is 3.34. The van der Waals surface area contributed by atoms with E-state index in [-0.39, 0.29) is 0 Å². The second kappa shape index (κ2) is 6.37. The van der Waals surface area contributed by atoms with E-state index in [4.69, 9.17) is 4.52 Å². The monoisotopic (exact) mass is 337 g/mol. The Balaban J connectivity index is 1.45. The molecule has 0 radical (unpaired) electrons. The van der Waals surface area contributed by atoms with Gasteiger partial charge in [-0.2, -0.15) is 0 Å². The maximum Gasteiger partial charge on any atom is 0.195 e. The lowest BCUT2D eigenvalue weighted by atomic mass is 10.2. The fraction of sp³-hybridized carbons (Fsp3) is 0.176. The largest absolute Gasteiger partial charge is 0.353 e. The lowest BCUT2D eigenvalue weighted by Crippen LogP contribution is -1.99. The molecule has 0 unspecified atom stereocenters. The van der Waals surface area contributed by atoms with Gasteiger partial charge in [-0.3, -0.25) is 0 Å². The summed E-state index contributed by atoms with van der Waals surface area (Å²) >= 11 is 1.59. The Bertz CT molecular complexity index is 941. The van der Waals surface area contributed by atoms with Crippen LogP contribution < -0.4 is 0 Å². The number of hydrogen-bond donors (Lipinski definition) is 0. The molecule has 24 heavy (non-hydrogen) atoms. The third-order valence-electron chi connectivity index (χ3n) is 3.52. The Kier molecular flexibility index (Phi) is 3.92. The molecule has 0 bridgehead atoms. The SMILES string of the molecule is Cc1cc(-c2ncc(Cc3cn(Cc4ccccc4)nn3)s2)on1. The summed E-state index contributed by atoms with van der Waals surface area (Å²) in [7, 11) is 0. The summed E-state index contributed by atoms with van der Waals surface area (Å²) in [5.41, 5.74) is 2.98. The van der Waals surface area contributed by atoms with Crippen molar-refractivity contribution in [3.8, 4) is 10.8 Å². The Hall–Kier alpha value is -2.80. The van der Waals surface area contributed by atoms with Gasteiger partial charge in [0.2, 0.25) is 0 Å². The first-order valence-electron chi connectivity index (χ1n) is 7.57. The van der Waals surface area contributed by atoms with Crippen LogP contribution in [0.1, 0.15) is 21.8 Å². The van der Waals surface area contributed by atoms with E-state index in [1.54, 1.807) is 11.3 Å². The van der Waals surface area contributed by atoms with E-state index in [1.807, 2.05) is 48.3 Å². The van der Waals surface area contributed by atoms with Gasteiger partial charge >= 0.3 is 0 Å². The molecule has 7 heteroatoms. The van der Waals surface area contributed by atoms with Crippen LogP contribution in [-0.4, -0.2) is 25.1 Å². The van der Waals surface area contributed by atoms with Gasteiger partial charge in [0.25, 0.3) is 0 Å². The van der Waals surface area contributed by atoms with Crippen LogP contribution in [0.3, 0.4) is 0 Å². The number of thiazole rings is 1. The molecule has 0 spiro atoms. The van der Waals surface area contributed by atoms with E-state index in [9.17, 15) is 0 Å². The van der Waals surface area contributed by atoms with Crippen molar-refractivity contribution in [1.29, 1.82) is 0 Å². The van der Waals surface area contributed by atoms with Gasteiger partial charge in [0.05, 0.1) is 17.9 Å². The molecular formula is C17H15N5OS. The van der Waals surface area contributed by atoms with Crippen LogP contribution in [0.2, 0.25) is 0 Å². The molecule has 6 nitrogen and oxygen atoms in total. The zero-order valence-corrected chi connectivity index (χ0v) is 13.9. The van der Waals surface area contributed by atoms with Crippen LogP contribution in [0.4, 0.5) is 0 Å². The summed E-state index contributed by atoms with van der Waals surface area (Å²) < 4.78 is 7.10. The molecule has 0 aliphatic heterocycles. The summed E-state index contributed by atoms with van der Waals surface area (Å²) in [4.78, 5) is 5.52. The van der Waals surface area contributed by atoms with Crippen molar-refractivity contribution in [2.45, 2.75) is 19.9 Å². The third-order valence-corrected chi connectivity index (χ3v) is 4.53. The lowest BCUT2D eigenvalue weighted by molar-refractivity contribution is 0.427. The van der Waals surface area contributed by atoms with Gasteiger partial charge in [0.15, 0.2) is 10.8 Å². The molecule has 120 valence electrons. The first-order valence-corrected chi connectivity index (χ1v) is 8.39. The highest BCUT2D eigenvalue weighted by molar-refractivity contribution is 7.15. The maximum absolute atomic E-state index is 5.25. The molecule has 3 heterocycles. The zero-order valence-electron chi connectivity index (χ0n) is 13.1. The molecule has 0 aliphatic rings. The Morgan fingerprint density at radius 2 is 2.08 bits per heavy atom. The molecule has 0 atom stereocenters. The molecule has 4 aromatic rings. The van der Waals surface area contributed by atoms with Crippen molar-refractivity contribution in [3.05, 3.63) is 70.6 Å². The number of nitrogens with zero attached hydrogens (tertiary/aromatic N) is 5. The molecule has 0 saturated carbocycles. The van der Waals surface area contributed by atoms with Gasteiger partial charge in [0.1, 0.15) is 0 Å². The van der Waals surface area contributed by atoms with Gasteiger partial charge in [-0.1, -0.05) is 40.7 Å². The summed E-state index contributed by atoms with van der Waals surface area (Å²) in [6.45, 7) is 2.62. The predicted molar refractivity (Wildman–Crippen MR) is 90.7 cm³/mol. The molecule has 1 aromatic carbocycles. The van der Waals surface area contributed by atoms with E-state index < -0.39 is 0 Å². The summed E-state index contributed by atoms with van der Waals surface area (Å²) in [5, 5.41) is 13.2. The quantitative estimate of drug-likeness (QED) is 0.558. The minimum absolute atomic E-state index is 0.705. The van der Waals surface area contributed by atoms with Crippen LogP contribution in [0.5, 0.6) is 0 Å². The van der Waals surface area contributed by atoms with Gasteiger partial charge in [0, 0.05) is 29.8 Å². The fourth-order valence-electron chi connectivity index (χ4n) is 2.41. The Labute approximate surface area is 142 Å². The van der Waals surface area contributed by atoms with Gasteiger partial charge in [-0.05, 0) is 12.5 Å². The highest BCUT2D eigenvalue weighted by atomic mass is 32.1. The summed E-state index contributed by atoms with van der Waals surface area (Å²) in [6, 6.07) is 12.1. The van der Waals surface area contributed by atoms with E-state index in [1.165, 1.54) is 5.56 Å². The normalized spacial score (nSPS) is 11.0. The Morgan fingerprint density at radius 1 is 1.21 bits per heavy atom. The highest BCUT2D eigenvalue weighted by Gasteiger charge is 2.11. The second-order valence-corrected chi connectivity index (χ2v) is 6.65. The third kappa shape index (κ3) is 3.26. The molecule has 0 N–H and O–H groups in total. The van der Waals surface area contributed by atoms with Crippen LogP contribution >= 0.6 is 11.3 Å². The fourth-order valence-corrected chi connectivity index (χ4v) is 3.29. The van der Waals surface area contributed by atoms with E-state index in [0.29, 0.717) is 12.2 Å². The van der Waals surface area contributed by atoms with Crippen molar-refractivity contribution in [3.63, 3.8) is 0 Å². The van der Waals surface area contributed by atoms with Crippen LogP contribution in [0.15, 0.2) is 53.3 Å². The summed E-state index contributed by atoms with van der Waals surface area (Å²) in [5.74, 6) is 0.705. The molecule has 4 rings (SSSR count). The molecule has 0 aliphatic carbocycles. The van der Waals surface area contributed by atoms with Crippen molar-refractivity contribution >= 4 is 11.3 Å². The number of benzene rings is 1. The van der Waals surface area contributed by atoms with Crippen molar-refractivity contribution < 1.29 is 4.52 Å². The number of hydrogen-bond acceptors (Lipinski definition) is 6. The number of aryl methyl sites for hydroxylation is 1. The first kappa shape index (κ1) is 14.8. The average molecular weight is 337 g/mol. The molecular weight excluding hydrogens is 322 g/mol. The van der Waals surface area contributed by atoms with Gasteiger partial charge in [-0.15, -0.1) is 16.4 Å². The van der Waals surface area contributed by atoms with Crippen molar-refractivity contribution in [1.82, 2.24) is 25.1 Å². The standard InChI is InChI=1S/C17H15N5OS/c1-12-7-16(23-20-12)17-18-9-15(24-17)8-14-11-22(21-19-14)10-13-5-3-2-4-6-13/h2-7,9,11H,8,10H2,1H3. The minimum atomic E-state index is 0.705. The van der Waals surface area contributed by atoms with Crippen molar-refractivity contribution in [2.24, 2.45) is 0 Å². The van der Waals surface area contributed by atoms with Crippen molar-refractivity contribution in [2.75, 3.05) is 0 Å². The van der Waals surface area contributed by atoms with E-state index in [2.05, 4.69) is 32.6 Å². The van der Waals surface area contributed by atoms with Crippen LogP contribution in [0, 0.1) is 6.92 Å². The van der Waals surface area contributed by atoms with Gasteiger partial charge < -0.3 is 4.52 Å². The van der Waals surface area contributed by atoms with Crippen LogP contribution in [0.25, 0.3) is 10.8 Å². The molecule has 0 fully saturated rings. The van der Waals surface area contributed by atoms with E-state index in [0.717, 1.165) is 27.8 Å². The smallest absolute Gasteiger partial charge is 0.195 e. The number of aromatic nitrogens is 5. The zero-order chi connectivity index (χ0) is 16.4. The van der Waals surface area contributed by atoms with Gasteiger partial charge in [-0.25, -0.2) is 9.67 Å². The Morgan fingerprint density at radius 3 is 2.88 bits per heavy atom. The topological polar surface area (TPSA) is 69.6 Å². The maximum atomic E-state index is 5.25.